The number of benzene rings is 2. The standard InChI is InChI=1S/C23H21N5O2/c1-16-13-21(27-30-16)26-23(29)20-14-22(25-17(2)24-20)28(19-11-7-4-8-12-19)15-18-9-5-3-6-10-18/h3-14H,15H2,1-2H3,(H,26,27,29). The summed E-state index contributed by atoms with van der Waals surface area (Å²) in [4.78, 5) is 23.7. The third-order valence-corrected chi connectivity index (χ3v) is 4.45. The smallest absolute Gasteiger partial charge is 0.275 e. The van der Waals surface area contributed by atoms with E-state index in [4.69, 9.17) is 4.52 Å². The van der Waals surface area contributed by atoms with Gasteiger partial charge in [0.15, 0.2) is 5.82 Å². The van der Waals surface area contributed by atoms with Crippen LogP contribution in [0.5, 0.6) is 0 Å². The normalized spacial score (nSPS) is 10.6. The highest BCUT2D eigenvalue weighted by Crippen LogP contribution is 2.26. The molecule has 7 heteroatoms. The lowest BCUT2D eigenvalue weighted by Crippen LogP contribution is -2.21. The molecule has 2 aromatic heterocycles. The Morgan fingerprint density at radius 2 is 1.67 bits per heavy atom. The SMILES string of the molecule is Cc1nc(C(=O)Nc2cc(C)on2)cc(N(Cc2ccccc2)c2ccccc2)n1. The highest BCUT2D eigenvalue weighted by atomic mass is 16.5. The number of hydrogen-bond acceptors (Lipinski definition) is 6. The molecule has 30 heavy (non-hydrogen) atoms. The monoisotopic (exact) mass is 399 g/mol. The first kappa shape index (κ1) is 19.3. The molecule has 0 bridgehead atoms. The third-order valence-electron chi connectivity index (χ3n) is 4.45. The van der Waals surface area contributed by atoms with Gasteiger partial charge in [-0.15, -0.1) is 0 Å². The van der Waals surface area contributed by atoms with Crippen molar-refractivity contribution in [2.75, 3.05) is 10.2 Å². The summed E-state index contributed by atoms with van der Waals surface area (Å²) in [6, 6.07) is 23.4. The fourth-order valence-corrected chi connectivity index (χ4v) is 3.09. The number of aryl methyl sites for hydroxylation is 2. The number of aromatic nitrogens is 3. The van der Waals surface area contributed by atoms with Gasteiger partial charge >= 0.3 is 0 Å². The highest BCUT2D eigenvalue weighted by molar-refractivity contribution is 6.02. The van der Waals surface area contributed by atoms with Gasteiger partial charge in [0.2, 0.25) is 0 Å². The van der Waals surface area contributed by atoms with Crippen LogP contribution in [0.25, 0.3) is 0 Å². The molecule has 1 amide bonds. The van der Waals surface area contributed by atoms with E-state index in [0.717, 1.165) is 11.3 Å². The largest absolute Gasteiger partial charge is 0.360 e. The van der Waals surface area contributed by atoms with E-state index in [1.165, 1.54) is 0 Å². The summed E-state index contributed by atoms with van der Waals surface area (Å²) in [5.74, 6) is 1.73. The van der Waals surface area contributed by atoms with Crippen LogP contribution in [0.15, 0.2) is 77.3 Å². The van der Waals surface area contributed by atoms with Crippen molar-refractivity contribution >= 4 is 23.2 Å². The van der Waals surface area contributed by atoms with Gasteiger partial charge in [-0.05, 0) is 31.5 Å². The molecule has 0 fully saturated rings. The van der Waals surface area contributed by atoms with E-state index in [1.807, 2.05) is 48.5 Å². The average molecular weight is 399 g/mol. The second-order valence-electron chi connectivity index (χ2n) is 6.84. The zero-order chi connectivity index (χ0) is 20.9. The molecule has 0 aliphatic rings. The summed E-state index contributed by atoms with van der Waals surface area (Å²) < 4.78 is 5.01. The Balaban J connectivity index is 1.69. The van der Waals surface area contributed by atoms with Crippen LogP contribution in [0.3, 0.4) is 0 Å². The quantitative estimate of drug-likeness (QED) is 0.507. The second-order valence-corrected chi connectivity index (χ2v) is 6.84. The lowest BCUT2D eigenvalue weighted by atomic mass is 10.2. The zero-order valence-corrected chi connectivity index (χ0v) is 16.7. The van der Waals surface area contributed by atoms with E-state index in [1.54, 1.807) is 26.0 Å². The third kappa shape index (κ3) is 4.52. The van der Waals surface area contributed by atoms with E-state index >= 15 is 0 Å². The first-order valence-electron chi connectivity index (χ1n) is 9.55. The van der Waals surface area contributed by atoms with E-state index in [-0.39, 0.29) is 11.6 Å². The van der Waals surface area contributed by atoms with Crippen LogP contribution in [-0.4, -0.2) is 21.0 Å². The van der Waals surface area contributed by atoms with Gasteiger partial charge in [0.25, 0.3) is 5.91 Å². The Hall–Kier alpha value is -4.00. The number of nitrogens with zero attached hydrogens (tertiary/aromatic N) is 4. The molecule has 0 unspecified atom stereocenters. The molecule has 7 nitrogen and oxygen atoms in total. The van der Waals surface area contributed by atoms with Crippen molar-refractivity contribution in [1.82, 2.24) is 15.1 Å². The summed E-state index contributed by atoms with van der Waals surface area (Å²) in [5, 5.41) is 6.51. The van der Waals surface area contributed by atoms with Gasteiger partial charge in [-0.25, -0.2) is 9.97 Å². The molecule has 4 aromatic rings. The minimum absolute atomic E-state index is 0.257. The molecule has 0 radical (unpaired) electrons. The van der Waals surface area contributed by atoms with Crippen LogP contribution >= 0.6 is 0 Å². The molecule has 1 N–H and O–H groups in total. The Morgan fingerprint density at radius 1 is 0.967 bits per heavy atom. The molecular formula is C23H21N5O2. The lowest BCUT2D eigenvalue weighted by Gasteiger charge is -2.24. The van der Waals surface area contributed by atoms with Crippen molar-refractivity contribution in [2.45, 2.75) is 20.4 Å². The molecule has 150 valence electrons. The summed E-state index contributed by atoms with van der Waals surface area (Å²) >= 11 is 0. The fourth-order valence-electron chi connectivity index (χ4n) is 3.09. The molecule has 0 aliphatic heterocycles. The van der Waals surface area contributed by atoms with E-state index in [2.05, 4.69) is 37.5 Å². The number of anilines is 3. The summed E-state index contributed by atoms with van der Waals surface area (Å²) in [6.07, 6.45) is 0. The van der Waals surface area contributed by atoms with E-state index in [0.29, 0.717) is 29.8 Å². The zero-order valence-electron chi connectivity index (χ0n) is 16.7. The van der Waals surface area contributed by atoms with Crippen molar-refractivity contribution in [3.8, 4) is 0 Å². The number of rotatable bonds is 6. The molecule has 0 spiro atoms. The maximum absolute atomic E-state index is 12.7. The molecule has 4 rings (SSSR count). The average Bonchev–Trinajstić information content (AvgIpc) is 3.17. The second kappa shape index (κ2) is 8.57. The Morgan fingerprint density at radius 3 is 2.33 bits per heavy atom. The maximum Gasteiger partial charge on any atom is 0.275 e. The molecule has 2 heterocycles. The van der Waals surface area contributed by atoms with Gasteiger partial charge in [-0.2, -0.15) is 0 Å². The van der Waals surface area contributed by atoms with Gasteiger partial charge in [0.1, 0.15) is 23.1 Å². The Bertz CT molecular complexity index is 1140. The molecular weight excluding hydrogens is 378 g/mol. The molecule has 0 atom stereocenters. The topological polar surface area (TPSA) is 84.2 Å². The van der Waals surface area contributed by atoms with Crippen molar-refractivity contribution in [3.63, 3.8) is 0 Å². The van der Waals surface area contributed by atoms with E-state index < -0.39 is 0 Å². The number of hydrogen-bond donors (Lipinski definition) is 1. The van der Waals surface area contributed by atoms with Crippen molar-refractivity contribution in [3.05, 3.63) is 95.6 Å². The van der Waals surface area contributed by atoms with Crippen molar-refractivity contribution < 1.29 is 9.32 Å². The first-order valence-corrected chi connectivity index (χ1v) is 9.55. The molecule has 0 saturated carbocycles. The van der Waals surface area contributed by atoms with Crippen LogP contribution in [0.2, 0.25) is 0 Å². The Kier molecular flexibility index (Phi) is 5.52. The van der Waals surface area contributed by atoms with Gasteiger partial charge < -0.3 is 14.7 Å². The van der Waals surface area contributed by atoms with Crippen molar-refractivity contribution in [1.29, 1.82) is 0 Å². The minimum atomic E-state index is -0.372. The lowest BCUT2D eigenvalue weighted by molar-refractivity contribution is 0.102. The predicted octanol–water partition coefficient (Wildman–Crippen LogP) is 4.67. The Labute approximate surface area is 174 Å². The number of amides is 1. The van der Waals surface area contributed by atoms with Gasteiger partial charge in [-0.3, -0.25) is 4.79 Å². The van der Waals surface area contributed by atoms with Crippen LogP contribution < -0.4 is 10.2 Å². The van der Waals surface area contributed by atoms with Crippen LogP contribution in [-0.2, 0) is 6.54 Å². The number of carbonyl (C=O) groups is 1. The fraction of sp³-hybridized carbons (Fsp3) is 0.130. The van der Waals surface area contributed by atoms with Gasteiger partial charge in [0.05, 0.1) is 0 Å². The van der Waals surface area contributed by atoms with Gasteiger partial charge in [-0.1, -0.05) is 53.7 Å². The van der Waals surface area contributed by atoms with Crippen LogP contribution in [0.4, 0.5) is 17.3 Å². The van der Waals surface area contributed by atoms with Gasteiger partial charge in [0, 0.05) is 24.4 Å². The summed E-state index contributed by atoms with van der Waals surface area (Å²) in [5.41, 5.74) is 2.35. The van der Waals surface area contributed by atoms with Crippen molar-refractivity contribution in [2.24, 2.45) is 0 Å². The summed E-state index contributed by atoms with van der Waals surface area (Å²) in [7, 11) is 0. The van der Waals surface area contributed by atoms with Crippen LogP contribution in [0.1, 0.15) is 27.6 Å². The minimum Gasteiger partial charge on any atom is -0.360 e. The number of para-hydroxylation sites is 1. The highest BCUT2D eigenvalue weighted by Gasteiger charge is 2.17. The predicted molar refractivity (Wildman–Crippen MR) is 115 cm³/mol. The number of nitrogens with one attached hydrogen (secondary N) is 1. The molecule has 2 aromatic carbocycles. The maximum atomic E-state index is 12.7. The molecule has 0 aliphatic carbocycles. The molecule has 0 saturated heterocycles. The summed E-state index contributed by atoms with van der Waals surface area (Å²) in [6.45, 7) is 4.13. The van der Waals surface area contributed by atoms with Crippen LogP contribution in [0, 0.1) is 13.8 Å². The first-order chi connectivity index (χ1) is 14.6. The van der Waals surface area contributed by atoms with E-state index in [9.17, 15) is 4.79 Å². The number of carbonyl (C=O) groups excluding carboxylic acids is 1.